The molecule has 0 N–H and O–H groups in total. The molecule has 0 radical (unpaired) electrons. The quantitative estimate of drug-likeness (QED) is 0.332. The second kappa shape index (κ2) is 3700. The largest absolute Gasteiger partial charge is 2.00 e. The van der Waals surface area contributed by atoms with E-state index in [0.717, 1.165) is 0 Å². The van der Waals surface area contributed by atoms with Crippen LogP contribution in [0.25, 0.3) is 0 Å². The molecule has 0 fully saturated rings. The molecule has 0 aliphatic rings. The van der Waals surface area contributed by atoms with Crippen LogP contribution in [-0.2, 0) is 19.5 Å². The van der Waals surface area contributed by atoms with E-state index in [2.05, 4.69) is 26.3 Å². The Morgan fingerprint density at radius 3 is 0.800 bits per heavy atom. The van der Waals surface area contributed by atoms with Gasteiger partial charge in [-0.05, 0) is 0 Å². The third-order valence-electron chi connectivity index (χ3n) is 0. The molecule has 0 saturated heterocycles. The Balaban J connectivity index is -0.0000000133. The van der Waals surface area contributed by atoms with Gasteiger partial charge in [0.15, 0.2) is 0 Å². The van der Waals surface area contributed by atoms with Crippen LogP contribution in [0.4, 0.5) is 0 Å². The molecule has 0 nitrogen and oxygen atoms in total. The Labute approximate surface area is 46.3 Å². The smallest absolute Gasteiger partial charge is 0.521 e. The number of hydrogen-bond donors (Lipinski definition) is 0. The van der Waals surface area contributed by atoms with Gasteiger partial charge in [0.25, 0.3) is 0 Å². The van der Waals surface area contributed by atoms with Gasteiger partial charge in [-0.25, -0.2) is 0 Å². The van der Waals surface area contributed by atoms with Gasteiger partial charge in [-0.1, -0.05) is 0 Å². The average Bonchev–Trinajstić information content (AvgIpc) is 1.50. The third kappa shape index (κ3) is 1700. The minimum absolute atomic E-state index is 0. The molecule has 0 bridgehead atoms. The summed E-state index contributed by atoms with van der Waals surface area (Å²) in [6.07, 6.45) is 0. The minimum Gasteiger partial charge on any atom is -0.521 e. The van der Waals surface area contributed by atoms with Crippen molar-refractivity contribution in [1.29, 1.82) is 0 Å². The van der Waals surface area contributed by atoms with E-state index >= 15 is 0 Å². The van der Waals surface area contributed by atoms with Gasteiger partial charge < -0.3 is 13.2 Å². The molecule has 0 amide bonds. The van der Waals surface area contributed by atoms with Crippen LogP contribution in [0.1, 0.15) is 0 Å². The van der Waals surface area contributed by atoms with Crippen molar-refractivity contribution in [2.45, 2.75) is 0 Å². The van der Waals surface area contributed by atoms with E-state index in [1.54, 1.807) is 0 Å². The zero-order valence-corrected chi connectivity index (χ0v) is 6.24. The van der Waals surface area contributed by atoms with Crippen LogP contribution in [0.5, 0.6) is 0 Å². The topological polar surface area (TPSA) is 0 Å². The summed E-state index contributed by atoms with van der Waals surface area (Å²) in [7, 11) is 0. The Morgan fingerprint density at radius 1 is 0.800 bits per heavy atom. The van der Waals surface area contributed by atoms with E-state index in [1.165, 1.54) is 0 Å². The van der Waals surface area contributed by atoms with Crippen LogP contribution in [0.3, 0.4) is 0 Å². The summed E-state index contributed by atoms with van der Waals surface area (Å²) in [6.45, 7) is 14.0. The number of rotatable bonds is 0. The van der Waals surface area contributed by atoms with Crippen LogP contribution in [0, 0.1) is 13.2 Å². The summed E-state index contributed by atoms with van der Waals surface area (Å²) in [5.41, 5.74) is 0. The SMILES string of the molecule is [CH-]=C.[CH-]=C.[Zn+2]. The van der Waals surface area contributed by atoms with Crippen LogP contribution in [0.15, 0.2) is 13.2 Å². The maximum atomic E-state index is 4.25. The molecule has 24 valence electrons. The average molecular weight is 119 g/mol. The monoisotopic (exact) mass is 118 g/mol. The van der Waals surface area contributed by atoms with Crippen molar-refractivity contribution in [3.8, 4) is 0 Å². The molecule has 0 heterocycles. The molecule has 0 unspecified atom stereocenters. The predicted octanol–water partition coefficient (Wildman–Crippen LogP) is 1.21. The molecule has 0 aromatic carbocycles. The van der Waals surface area contributed by atoms with Gasteiger partial charge in [-0.3, -0.25) is 13.2 Å². The maximum Gasteiger partial charge on any atom is 2.00 e. The summed E-state index contributed by atoms with van der Waals surface area (Å²) in [5.74, 6) is 0. The summed E-state index contributed by atoms with van der Waals surface area (Å²) in [6, 6.07) is 0. The Hall–Kier alpha value is 0.103. The van der Waals surface area contributed by atoms with Crippen molar-refractivity contribution >= 4 is 0 Å². The first kappa shape index (κ1) is 19.4. The van der Waals surface area contributed by atoms with Crippen LogP contribution in [0.2, 0.25) is 0 Å². The van der Waals surface area contributed by atoms with Crippen molar-refractivity contribution in [1.82, 2.24) is 0 Å². The van der Waals surface area contributed by atoms with Gasteiger partial charge in [-0.2, -0.15) is 0 Å². The van der Waals surface area contributed by atoms with Gasteiger partial charge >= 0.3 is 19.5 Å². The summed E-state index contributed by atoms with van der Waals surface area (Å²) < 4.78 is 0. The van der Waals surface area contributed by atoms with Gasteiger partial charge in [0.05, 0.1) is 0 Å². The van der Waals surface area contributed by atoms with E-state index in [0.29, 0.717) is 0 Å². The van der Waals surface area contributed by atoms with Crippen molar-refractivity contribution in [3.05, 3.63) is 26.3 Å². The zero-order chi connectivity index (χ0) is 4.00. The Bertz CT molecular complexity index is 5.61. The van der Waals surface area contributed by atoms with Gasteiger partial charge in [-0.15, -0.1) is 0 Å². The second-order valence-corrected chi connectivity index (χ2v) is 0. The van der Waals surface area contributed by atoms with Crippen LogP contribution < -0.4 is 0 Å². The fourth-order valence-electron chi connectivity index (χ4n) is 0. The predicted molar refractivity (Wildman–Crippen MR) is 19.9 cm³/mol. The Kier molecular flexibility index (Phi) is 14400. The molecular weight excluding hydrogens is 113 g/mol. The van der Waals surface area contributed by atoms with E-state index in [4.69, 9.17) is 0 Å². The van der Waals surface area contributed by atoms with Crippen molar-refractivity contribution in [2.75, 3.05) is 0 Å². The maximum absolute atomic E-state index is 4.25. The van der Waals surface area contributed by atoms with E-state index in [1.807, 2.05) is 0 Å². The molecule has 0 rings (SSSR count). The molecule has 0 aromatic heterocycles. The summed E-state index contributed by atoms with van der Waals surface area (Å²) >= 11 is 0. The van der Waals surface area contributed by atoms with Crippen molar-refractivity contribution < 1.29 is 19.5 Å². The van der Waals surface area contributed by atoms with Gasteiger partial charge in [0.1, 0.15) is 0 Å². The standard InChI is InChI=1S/2C2H3.Zn/c2*1-2;/h2*1H,2H2;/q2*-1;+2. The summed E-state index contributed by atoms with van der Waals surface area (Å²) in [5, 5.41) is 0. The molecule has 0 aliphatic heterocycles. The fourth-order valence-corrected chi connectivity index (χ4v) is 0. The molecule has 5 heavy (non-hydrogen) atoms. The molecular formula is C4H6Zn. The first-order valence-corrected chi connectivity index (χ1v) is 0.816. The van der Waals surface area contributed by atoms with Crippen LogP contribution >= 0.6 is 0 Å². The van der Waals surface area contributed by atoms with E-state index in [-0.39, 0.29) is 19.5 Å². The molecule has 0 saturated carbocycles. The third-order valence-corrected chi connectivity index (χ3v) is 0. The normalized spacial score (nSPS) is 1.60. The van der Waals surface area contributed by atoms with E-state index in [9.17, 15) is 0 Å². The first-order valence-electron chi connectivity index (χ1n) is 0.816. The molecule has 0 atom stereocenters. The minimum atomic E-state index is 0. The Morgan fingerprint density at radius 2 is 0.800 bits per heavy atom. The van der Waals surface area contributed by atoms with E-state index < -0.39 is 0 Å². The summed E-state index contributed by atoms with van der Waals surface area (Å²) in [4.78, 5) is 0. The second-order valence-electron chi connectivity index (χ2n) is 0. The van der Waals surface area contributed by atoms with Gasteiger partial charge in [0.2, 0.25) is 0 Å². The van der Waals surface area contributed by atoms with Crippen molar-refractivity contribution in [2.24, 2.45) is 0 Å². The van der Waals surface area contributed by atoms with Crippen molar-refractivity contribution in [3.63, 3.8) is 0 Å². The zero-order valence-electron chi connectivity index (χ0n) is 3.28. The molecule has 0 aromatic rings. The molecule has 0 spiro atoms. The van der Waals surface area contributed by atoms with Gasteiger partial charge in [0, 0.05) is 0 Å². The first-order chi connectivity index (χ1) is 2.00. The fraction of sp³-hybridized carbons (Fsp3) is 0. The molecule has 0 aliphatic carbocycles. The molecule has 1 heteroatoms. The van der Waals surface area contributed by atoms with Crippen LogP contribution in [-0.4, -0.2) is 0 Å². The number of hydrogen-bond acceptors (Lipinski definition) is 0.